The van der Waals surface area contributed by atoms with Gasteiger partial charge in [-0.25, -0.2) is 9.78 Å². The predicted molar refractivity (Wildman–Crippen MR) is 58.1 cm³/mol. The van der Waals surface area contributed by atoms with Crippen LogP contribution in [0.25, 0.3) is 10.9 Å². The topological polar surface area (TPSA) is 76.2 Å². The number of nitrogen functional groups attached to an aromatic ring is 1. The van der Waals surface area contributed by atoms with Gasteiger partial charge in [-0.1, -0.05) is 29.8 Å². The van der Waals surface area contributed by atoms with Crippen LogP contribution >= 0.6 is 11.6 Å². The molecule has 0 saturated carbocycles. The van der Waals surface area contributed by atoms with E-state index in [9.17, 15) is 4.79 Å². The van der Waals surface area contributed by atoms with Crippen LogP contribution in [0.2, 0.25) is 5.02 Å². The molecule has 2 aromatic rings. The number of hydrogen-bond acceptors (Lipinski definition) is 3. The van der Waals surface area contributed by atoms with Crippen molar-refractivity contribution in [1.29, 1.82) is 0 Å². The number of carboxylic acids is 1. The molecule has 1 heterocycles. The minimum Gasteiger partial charge on any atom is -0.478 e. The molecule has 0 radical (unpaired) electrons. The Kier molecular flexibility index (Phi) is 2.21. The number of para-hydroxylation sites is 1. The number of aromatic carboxylic acids is 1. The average molecular weight is 223 g/mol. The van der Waals surface area contributed by atoms with Gasteiger partial charge in [0, 0.05) is 5.39 Å². The summed E-state index contributed by atoms with van der Waals surface area (Å²) in [5.41, 5.74) is 5.96. The fourth-order valence-electron chi connectivity index (χ4n) is 1.39. The van der Waals surface area contributed by atoms with Crippen LogP contribution in [-0.2, 0) is 0 Å². The lowest BCUT2D eigenvalue weighted by atomic mass is 10.1. The van der Waals surface area contributed by atoms with E-state index in [4.69, 9.17) is 22.4 Å². The maximum atomic E-state index is 10.9. The zero-order valence-corrected chi connectivity index (χ0v) is 8.32. The van der Waals surface area contributed by atoms with Crippen LogP contribution in [0.3, 0.4) is 0 Å². The molecule has 15 heavy (non-hydrogen) atoms. The second kappa shape index (κ2) is 3.40. The Balaban J connectivity index is 2.90. The summed E-state index contributed by atoms with van der Waals surface area (Å²) in [4.78, 5) is 14.9. The molecule has 76 valence electrons. The summed E-state index contributed by atoms with van der Waals surface area (Å²) < 4.78 is 0. The molecule has 1 aromatic heterocycles. The van der Waals surface area contributed by atoms with Gasteiger partial charge in [0.25, 0.3) is 0 Å². The van der Waals surface area contributed by atoms with Gasteiger partial charge in [-0.05, 0) is 6.07 Å². The normalized spacial score (nSPS) is 10.5. The van der Waals surface area contributed by atoms with Gasteiger partial charge in [0.15, 0.2) is 0 Å². The fraction of sp³-hybridized carbons (Fsp3) is 0. The van der Waals surface area contributed by atoms with Crippen molar-refractivity contribution in [1.82, 2.24) is 4.98 Å². The molecule has 3 N–H and O–H groups in total. The number of benzene rings is 1. The lowest BCUT2D eigenvalue weighted by Gasteiger charge is -2.06. The second-order valence-electron chi connectivity index (χ2n) is 3.01. The Morgan fingerprint density at radius 2 is 2.07 bits per heavy atom. The second-order valence-corrected chi connectivity index (χ2v) is 3.39. The van der Waals surface area contributed by atoms with Crippen LogP contribution < -0.4 is 5.73 Å². The van der Waals surface area contributed by atoms with Gasteiger partial charge in [-0.3, -0.25) is 0 Å². The Hall–Kier alpha value is -1.81. The number of rotatable bonds is 1. The van der Waals surface area contributed by atoms with E-state index >= 15 is 0 Å². The summed E-state index contributed by atoms with van der Waals surface area (Å²) in [6.07, 6.45) is 0. The average Bonchev–Trinajstić information content (AvgIpc) is 2.17. The van der Waals surface area contributed by atoms with Crippen molar-refractivity contribution in [2.45, 2.75) is 0 Å². The van der Waals surface area contributed by atoms with Gasteiger partial charge in [0.2, 0.25) is 0 Å². The molecule has 0 amide bonds. The van der Waals surface area contributed by atoms with Gasteiger partial charge in [-0.2, -0.15) is 0 Å². The molecule has 0 atom stereocenters. The molecule has 0 bridgehead atoms. The minimum absolute atomic E-state index is 0.0637. The third-order valence-corrected chi connectivity index (χ3v) is 2.46. The standard InChI is InChI=1S/C10H7ClN2O2/c11-8-5-3-1-2-4-6(5)13-9(12)7(8)10(14)15/h1-4H,(H2,12,13)(H,14,15). The first-order chi connectivity index (χ1) is 7.11. The number of hydrogen-bond donors (Lipinski definition) is 2. The Bertz CT molecular complexity index is 554. The molecular formula is C10H7ClN2O2. The first kappa shape index (κ1) is 9.73. The van der Waals surface area contributed by atoms with Crippen molar-refractivity contribution in [3.05, 3.63) is 34.9 Å². The van der Waals surface area contributed by atoms with Gasteiger partial charge in [0.1, 0.15) is 11.4 Å². The number of aromatic nitrogens is 1. The van der Waals surface area contributed by atoms with E-state index < -0.39 is 5.97 Å². The van der Waals surface area contributed by atoms with Crippen molar-refractivity contribution in [3.63, 3.8) is 0 Å². The number of carbonyl (C=O) groups is 1. The summed E-state index contributed by atoms with van der Waals surface area (Å²) >= 11 is 5.94. The molecule has 1 aromatic carbocycles. The van der Waals surface area contributed by atoms with Gasteiger partial charge >= 0.3 is 5.97 Å². The van der Waals surface area contributed by atoms with E-state index in [-0.39, 0.29) is 16.4 Å². The molecule has 4 nitrogen and oxygen atoms in total. The fourth-order valence-corrected chi connectivity index (χ4v) is 1.73. The van der Waals surface area contributed by atoms with Gasteiger partial charge in [0.05, 0.1) is 10.5 Å². The van der Waals surface area contributed by atoms with E-state index in [1.54, 1.807) is 24.3 Å². The van der Waals surface area contributed by atoms with E-state index in [1.165, 1.54) is 0 Å². The molecule has 0 fully saturated rings. The van der Waals surface area contributed by atoms with Crippen molar-refractivity contribution >= 4 is 34.3 Å². The Labute approximate surface area is 90.3 Å². The summed E-state index contributed by atoms with van der Waals surface area (Å²) in [6, 6.07) is 6.98. The smallest absolute Gasteiger partial charge is 0.341 e. The largest absolute Gasteiger partial charge is 0.478 e. The third kappa shape index (κ3) is 1.49. The van der Waals surface area contributed by atoms with E-state index in [0.717, 1.165) is 0 Å². The number of anilines is 1. The third-order valence-electron chi connectivity index (χ3n) is 2.07. The van der Waals surface area contributed by atoms with E-state index in [2.05, 4.69) is 4.98 Å². The number of pyridine rings is 1. The highest BCUT2D eigenvalue weighted by atomic mass is 35.5. The number of halogens is 1. The zero-order chi connectivity index (χ0) is 11.0. The van der Waals surface area contributed by atoms with Crippen LogP contribution in [0.5, 0.6) is 0 Å². The molecule has 0 unspecified atom stereocenters. The molecule has 0 saturated heterocycles. The van der Waals surface area contributed by atoms with Crippen molar-refractivity contribution < 1.29 is 9.90 Å². The molecule has 2 rings (SSSR count). The highest BCUT2D eigenvalue weighted by Gasteiger charge is 2.17. The Morgan fingerprint density at radius 3 is 2.73 bits per heavy atom. The van der Waals surface area contributed by atoms with Gasteiger partial charge in [-0.15, -0.1) is 0 Å². The van der Waals surface area contributed by atoms with Crippen LogP contribution in [0.15, 0.2) is 24.3 Å². The molecular weight excluding hydrogens is 216 g/mol. The summed E-state index contributed by atoms with van der Waals surface area (Å²) in [5.74, 6) is -1.23. The van der Waals surface area contributed by atoms with Crippen LogP contribution in [-0.4, -0.2) is 16.1 Å². The van der Waals surface area contributed by atoms with Crippen LogP contribution in [0, 0.1) is 0 Å². The molecule has 5 heteroatoms. The Morgan fingerprint density at radius 1 is 1.40 bits per heavy atom. The maximum absolute atomic E-state index is 10.9. The quantitative estimate of drug-likeness (QED) is 0.775. The lowest BCUT2D eigenvalue weighted by molar-refractivity contribution is 0.0698. The highest BCUT2D eigenvalue weighted by molar-refractivity contribution is 6.38. The number of nitrogens with zero attached hydrogens (tertiary/aromatic N) is 1. The maximum Gasteiger partial charge on any atom is 0.341 e. The zero-order valence-electron chi connectivity index (χ0n) is 7.57. The molecule has 0 aliphatic heterocycles. The molecule has 0 aliphatic rings. The SMILES string of the molecule is Nc1nc2ccccc2c(Cl)c1C(=O)O. The van der Waals surface area contributed by atoms with Crippen molar-refractivity contribution in [2.24, 2.45) is 0 Å². The lowest BCUT2D eigenvalue weighted by Crippen LogP contribution is -2.06. The highest BCUT2D eigenvalue weighted by Crippen LogP contribution is 2.29. The number of carboxylic acid groups (broad SMARTS) is 1. The monoisotopic (exact) mass is 222 g/mol. The van der Waals surface area contributed by atoms with Crippen molar-refractivity contribution in [3.8, 4) is 0 Å². The minimum atomic E-state index is -1.17. The first-order valence-corrected chi connectivity index (χ1v) is 4.56. The van der Waals surface area contributed by atoms with E-state index in [0.29, 0.717) is 10.9 Å². The number of fused-ring (bicyclic) bond motifs is 1. The summed E-state index contributed by atoms with van der Waals surface area (Å²) in [7, 11) is 0. The van der Waals surface area contributed by atoms with Gasteiger partial charge < -0.3 is 10.8 Å². The predicted octanol–water partition coefficient (Wildman–Crippen LogP) is 2.17. The van der Waals surface area contributed by atoms with Crippen LogP contribution in [0.4, 0.5) is 5.82 Å². The van der Waals surface area contributed by atoms with E-state index in [1.807, 2.05) is 0 Å². The first-order valence-electron chi connectivity index (χ1n) is 4.18. The van der Waals surface area contributed by atoms with Crippen LogP contribution in [0.1, 0.15) is 10.4 Å². The van der Waals surface area contributed by atoms with Crippen molar-refractivity contribution in [2.75, 3.05) is 5.73 Å². The molecule has 0 spiro atoms. The number of nitrogens with two attached hydrogens (primary N) is 1. The summed E-state index contributed by atoms with van der Waals surface area (Å²) in [5, 5.41) is 9.62. The summed E-state index contributed by atoms with van der Waals surface area (Å²) in [6.45, 7) is 0. The molecule has 0 aliphatic carbocycles.